The summed E-state index contributed by atoms with van der Waals surface area (Å²) >= 11 is 0. The first-order valence-corrected chi connectivity index (χ1v) is 7.19. The van der Waals surface area contributed by atoms with Crippen molar-refractivity contribution >= 4 is 17.6 Å². The lowest BCUT2D eigenvalue weighted by molar-refractivity contribution is -0.160. The third kappa shape index (κ3) is 1.82. The molecular formula is C16H19NO3. The van der Waals surface area contributed by atoms with Gasteiger partial charge in [0.1, 0.15) is 5.41 Å². The number of benzene rings is 1. The number of carboxylic acid groups (broad SMARTS) is 1. The molecule has 1 saturated carbocycles. The molecule has 0 bridgehead atoms. The highest BCUT2D eigenvalue weighted by Crippen LogP contribution is 2.44. The van der Waals surface area contributed by atoms with Crippen LogP contribution in [0, 0.1) is 12.3 Å². The monoisotopic (exact) mass is 273 g/mol. The number of carbonyl (C=O) groups is 2. The zero-order valence-electron chi connectivity index (χ0n) is 11.7. The molecule has 1 aromatic rings. The van der Waals surface area contributed by atoms with E-state index < -0.39 is 11.4 Å². The number of amides is 1. The molecule has 3 rings (SSSR count). The Hall–Kier alpha value is -1.84. The lowest BCUT2D eigenvalue weighted by Crippen LogP contribution is -2.53. The van der Waals surface area contributed by atoms with Crippen molar-refractivity contribution in [2.45, 2.75) is 39.0 Å². The van der Waals surface area contributed by atoms with E-state index in [2.05, 4.69) is 6.07 Å². The van der Waals surface area contributed by atoms with Gasteiger partial charge >= 0.3 is 5.97 Å². The van der Waals surface area contributed by atoms with E-state index >= 15 is 0 Å². The molecule has 4 heteroatoms. The first-order valence-electron chi connectivity index (χ1n) is 7.19. The topological polar surface area (TPSA) is 57.6 Å². The third-order valence-electron chi connectivity index (χ3n) is 4.62. The second-order valence-corrected chi connectivity index (χ2v) is 5.93. The lowest BCUT2D eigenvalue weighted by atomic mass is 9.67. The number of carboxylic acids is 1. The van der Waals surface area contributed by atoms with Crippen molar-refractivity contribution in [1.82, 2.24) is 0 Å². The minimum Gasteiger partial charge on any atom is -0.480 e. The minimum atomic E-state index is -1.17. The molecule has 1 aliphatic heterocycles. The van der Waals surface area contributed by atoms with E-state index in [9.17, 15) is 14.7 Å². The van der Waals surface area contributed by atoms with Crippen LogP contribution in [-0.2, 0) is 16.0 Å². The van der Waals surface area contributed by atoms with Crippen molar-refractivity contribution < 1.29 is 14.7 Å². The van der Waals surface area contributed by atoms with E-state index in [-0.39, 0.29) is 5.91 Å². The van der Waals surface area contributed by atoms with Gasteiger partial charge in [-0.1, -0.05) is 24.1 Å². The molecule has 0 spiro atoms. The number of hydrogen-bond acceptors (Lipinski definition) is 2. The third-order valence-corrected chi connectivity index (χ3v) is 4.62. The number of rotatable bonds is 2. The van der Waals surface area contributed by atoms with Crippen LogP contribution in [0.4, 0.5) is 5.69 Å². The summed E-state index contributed by atoms with van der Waals surface area (Å²) in [5, 5.41) is 9.43. The molecular weight excluding hydrogens is 254 g/mol. The van der Waals surface area contributed by atoms with Crippen molar-refractivity contribution in [2.75, 3.05) is 11.4 Å². The van der Waals surface area contributed by atoms with E-state index in [1.807, 2.05) is 19.1 Å². The number of hydrogen-bond donors (Lipinski definition) is 1. The van der Waals surface area contributed by atoms with Crippen LogP contribution in [0.3, 0.4) is 0 Å². The fourth-order valence-electron chi connectivity index (χ4n) is 3.24. The van der Waals surface area contributed by atoms with E-state index in [4.69, 9.17) is 0 Å². The van der Waals surface area contributed by atoms with Gasteiger partial charge in [0.05, 0.1) is 0 Å². The number of carbonyl (C=O) groups excluding carboxylic acids is 1. The molecule has 0 atom stereocenters. The molecule has 106 valence electrons. The SMILES string of the molecule is Cc1ccc2c(c1)CCCN2C(=O)C1(C(=O)O)CCC1. The lowest BCUT2D eigenvalue weighted by Gasteiger charge is -2.41. The molecule has 0 radical (unpaired) electrons. The second kappa shape index (κ2) is 4.62. The summed E-state index contributed by atoms with van der Waals surface area (Å²) in [6, 6.07) is 6.04. The molecule has 0 saturated heterocycles. The van der Waals surface area contributed by atoms with Crippen LogP contribution < -0.4 is 4.90 Å². The Morgan fingerprint density at radius 1 is 1.25 bits per heavy atom. The Kier molecular flexibility index (Phi) is 3.04. The summed E-state index contributed by atoms with van der Waals surface area (Å²) in [5.74, 6) is -1.19. The summed E-state index contributed by atoms with van der Waals surface area (Å²) < 4.78 is 0. The number of aryl methyl sites for hydroxylation is 2. The molecule has 2 aliphatic rings. The first kappa shape index (κ1) is 13.2. The maximum Gasteiger partial charge on any atom is 0.319 e. The molecule has 1 N–H and O–H groups in total. The van der Waals surface area contributed by atoms with Gasteiger partial charge in [-0.05, 0) is 44.2 Å². The summed E-state index contributed by atoms with van der Waals surface area (Å²) in [7, 11) is 0. The first-order chi connectivity index (χ1) is 9.54. The fourth-order valence-corrected chi connectivity index (χ4v) is 3.24. The highest BCUT2D eigenvalue weighted by molar-refractivity contribution is 6.10. The van der Waals surface area contributed by atoms with E-state index in [1.165, 1.54) is 5.56 Å². The van der Waals surface area contributed by atoms with Crippen molar-refractivity contribution in [1.29, 1.82) is 0 Å². The smallest absolute Gasteiger partial charge is 0.319 e. The van der Waals surface area contributed by atoms with Gasteiger partial charge in [0.2, 0.25) is 5.91 Å². The van der Waals surface area contributed by atoms with Crippen LogP contribution in [-0.4, -0.2) is 23.5 Å². The van der Waals surface area contributed by atoms with Gasteiger partial charge < -0.3 is 10.0 Å². The van der Waals surface area contributed by atoms with Gasteiger partial charge in [0.15, 0.2) is 0 Å². The van der Waals surface area contributed by atoms with Crippen molar-refractivity contribution in [3.63, 3.8) is 0 Å². The number of aliphatic carboxylic acids is 1. The average molecular weight is 273 g/mol. The Labute approximate surface area is 118 Å². The Balaban J connectivity index is 1.96. The van der Waals surface area contributed by atoms with Gasteiger partial charge in [0.25, 0.3) is 0 Å². The largest absolute Gasteiger partial charge is 0.480 e. The molecule has 1 amide bonds. The normalized spacial score (nSPS) is 19.9. The highest BCUT2D eigenvalue weighted by atomic mass is 16.4. The Bertz CT molecular complexity index is 575. The van der Waals surface area contributed by atoms with Crippen LogP contribution in [0.25, 0.3) is 0 Å². The quantitative estimate of drug-likeness (QED) is 0.842. The standard InChI is InChI=1S/C16H19NO3/c1-11-5-6-13-12(10-11)4-2-9-17(13)14(18)16(15(19)20)7-3-8-16/h5-6,10H,2-4,7-9H2,1H3,(H,19,20). The van der Waals surface area contributed by atoms with E-state index in [1.54, 1.807) is 4.90 Å². The predicted octanol–water partition coefficient (Wildman–Crippen LogP) is 2.53. The predicted molar refractivity (Wildman–Crippen MR) is 75.8 cm³/mol. The van der Waals surface area contributed by atoms with E-state index in [0.717, 1.165) is 30.5 Å². The maximum atomic E-state index is 12.7. The second-order valence-electron chi connectivity index (χ2n) is 5.93. The van der Waals surface area contributed by atoms with Crippen LogP contribution in [0.15, 0.2) is 18.2 Å². The average Bonchev–Trinajstić information content (AvgIpc) is 2.35. The zero-order valence-corrected chi connectivity index (χ0v) is 11.7. The van der Waals surface area contributed by atoms with Gasteiger partial charge in [0, 0.05) is 12.2 Å². The van der Waals surface area contributed by atoms with Crippen LogP contribution in [0.5, 0.6) is 0 Å². The molecule has 1 fully saturated rings. The van der Waals surface area contributed by atoms with Gasteiger partial charge in [-0.2, -0.15) is 0 Å². The maximum absolute atomic E-state index is 12.7. The van der Waals surface area contributed by atoms with Gasteiger partial charge in [-0.3, -0.25) is 9.59 Å². The van der Waals surface area contributed by atoms with E-state index in [0.29, 0.717) is 19.4 Å². The van der Waals surface area contributed by atoms with Gasteiger partial charge in [-0.15, -0.1) is 0 Å². The molecule has 1 heterocycles. The van der Waals surface area contributed by atoms with Crippen molar-refractivity contribution in [3.05, 3.63) is 29.3 Å². The fraction of sp³-hybridized carbons (Fsp3) is 0.500. The Morgan fingerprint density at radius 2 is 2.00 bits per heavy atom. The van der Waals surface area contributed by atoms with Crippen molar-refractivity contribution in [2.24, 2.45) is 5.41 Å². The van der Waals surface area contributed by atoms with Crippen LogP contribution >= 0.6 is 0 Å². The molecule has 1 aromatic carbocycles. The van der Waals surface area contributed by atoms with Crippen LogP contribution in [0.1, 0.15) is 36.8 Å². The highest BCUT2D eigenvalue weighted by Gasteiger charge is 2.53. The zero-order chi connectivity index (χ0) is 14.3. The summed E-state index contributed by atoms with van der Waals surface area (Å²) in [5.41, 5.74) is 2.07. The molecule has 20 heavy (non-hydrogen) atoms. The van der Waals surface area contributed by atoms with Crippen molar-refractivity contribution in [3.8, 4) is 0 Å². The summed E-state index contributed by atoms with van der Waals surface area (Å²) in [6.07, 6.45) is 3.63. The molecule has 0 aromatic heterocycles. The number of nitrogens with zero attached hydrogens (tertiary/aromatic N) is 1. The summed E-state index contributed by atoms with van der Waals surface area (Å²) in [6.45, 7) is 2.66. The minimum absolute atomic E-state index is 0.221. The summed E-state index contributed by atoms with van der Waals surface area (Å²) in [4.78, 5) is 25.9. The van der Waals surface area contributed by atoms with Crippen LogP contribution in [0.2, 0.25) is 0 Å². The molecule has 4 nitrogen and oxygen atoms in total. The Morgan fingerprint density at radius 3 is 2.60 bits per heavy atom. The van der Waals surface area contributed by atoms with Gasteiger partial charge in [-0.25, -0.2) is 0 Å². The molecule has 1 aliphatic carbocycles. The number of fused-ring (bicyclic) bond motifs is 1. The number of anilines is 1. The molecule has 0 unspecified atom stereocenters.